The summed E-state index contributed by atoms with van der Waals surface area (Å²) in [7, 11) is 0. The van der Waals surface area contributed by atoms with E-state index in [4.69, 9.17) is 4.74 Å². The molecule has 1 aliphatic rings. The zero-order valence-corrected chi connectivity index (χ0v) is 18.7. The third-order valence-electron chi connectivity index (χ3n) is 5.61. The molecule has 2 aromatic heterocycles. The first-order chi connectivity index (χ1) is 17.3. The van der Waals surface area contributed by atoms with E-state index in [1.807, 2.05) is 18.2 Å². The van der Waals surface area contributed by atoms with Crippen LogP contribution < -0.4 is 10.1 Å². The largest absolute Gasteiger partial charge is 0.573 e. The zero-order chi connectivity index (χ0) is 25.3. The average molecular weight is 504 g/mol. The van der Waals surface area contributed by atoms with Crippen LogP contribution in [0.5, 0.6) is 5.75 Å². The molecule has 1 aliphatic heterocycles. The number of benzene rings is 2. The molecule has 2 aromatic carbocycles. The number of morpholine rings is 1. The zero-order valence-electron chi connectivity index (χ0n) is 18.7. The lowest BCUT2D eigenvalue weighted by atomic mass is 10.1. The molecule has 0 radical (unpaired) electrons. The van der Waals surface area contributed by atoms with Crippen LogP contribution in [0, 0.1) is 5.82 Å². The molecule has 0 unspecified atom stereocenters. The van der Waals surface area contributed by atoms with Crippen LogP contribution in [0.15, 0.2) is 42.6 Å². The van der Waals surface area contributed by atoms with Crippen molar-refractivity contribution in [2.45, 2.75) is 12.9 Å². The molecule has 3 N–H and O–H groups in total. The van der Waals surface area contributed by atoms with Gasteiger partial charge in [0, 0.05) is 19.6 Å². The van der Waals surface area contributed by atoms with Crippen molar-refractivity contribution in [3.63, 3.8) is 0 Å². The first-order valence-corrected chi connectivity index (χ1v) is 10.9. The van der Waals surface area contributed by atoms with E-state index in [-0.39, 0.29) is 11.4 Å². The van der Waals surface area contributed by atoms with Gasteiger partial charge in [0.15, 0.2) is 5.82 Å². The number of anilines is 1. The molecule has 0 aliphatic carbocycles. The number of nitrogens with one attached hydrogen (secondary N) is 3. The number of alkyl halides is 3. The summed E-state index contributed by atoms with van der Waals surface area (Å²) in [6.07, 6.45) is -3.85. The van der Waals surface area contributed by atoms with E-state index in [1.54, 1.807) is 0 Å². The van der Waals surface area contributed by atoms with Crippen molar-refractivity contribution in [1.29, 1.82) is 0 Å². The Bertz CT molecular complexity index is 1390. The van der Waals surface area contributed by atoms with Gasteiger partial charge in [-0.1, -0.05) is 12.1 Å². The highest BCUT2D eigenvalue weighted by Gasteiger charge is 2.34. The minimum Gasteiger partial charge on any atom is -0.405 e. The van der Waals surface area contributed by atoms with E-state index in [0.29, 0.717) is 24.6 Å². The quantitative estimate of drug-likeness (QED) is 0.342. The van der Waals surface area contributed by atoms with Crippen molar-refractivity contribution < 1.29 is 31.8 Å². The molecule has 1 fully saturated rings. The number of fused-ring (bicyclic) bond motifs is 1. The van der Waals surface area contributed by atoms with E-state index in [2.05, 4.69) is 35.1 Å². The van der Waals surface area contributed by atoms with Gasteiger partial charge in [0.2, 0.25) is 0 Å². The lowest BCUT2D eigenvalue weighted by Gasteiger charge is -2.26. The Kier molecular flexibility index (Phi) is 6.33. The van der Waals surface area contributed by atoms with Gasteiger partial charge in [-0.05, 0) is 29.8 Å². The van der Waals surface area contributed by atoms with Crippen LogP contribution >= 0.6 is 0 Å². The highest BCUT2D eigenvalue weighted by Crippen LogP contribution is 2.31. The Hall–Kier alpha value is -3.97. The number of carbonyl (C=O) groups is 1. The average Bonchev–Trinajstić information content (AvgIpc) is 3.45. The van der Waals surface area contributed by atoms with Crippen molar-refractivity contribution in [2.24, 2.45) is 0 Å². The number of ether oxygens (including phenoxy) is 2. The number of H-pyrrole nitrogens is 2. The normalized spacial score (nSPS) is 14.8. The van der Waals surface area contributed by atoms with Gasteiger partial charge in [0.25, 0.3) is 5.91 Å². The lowest BCUT2D eigenvalue weighted by molar-refractivity contribution is -0.274. The molecule has 3 heterocycles. The Balaban J connectivity index is 1.38. The fraction of sp³-hybridized carbons (Fsp3) is 0.261. The van der Waals surface area contributed by atoms with Gasteiger partial charge in [-0.25, -0.2) is 9.37 Å². The molecular formula is C23H20F4N6O3. The second-order valence-electron chi connectivity index (χ2n) is 8.10. The second-order valence-corrected chi connectivity index (χ2v) is 8.10. The monoisotopic (exact) mass is 504 g/mol. The fourth-order valence-electron chi connectivity index (χ4n) is 3.97. The Morgan fingerprint density at radius 1 is 1.19 bits per heavy atom. The maximum atomic E-state index is 14.3. The number of aromatic amines is 2. The topological polar surface area (TPSA) is 108 Å². The molecule has 36 heavy (non-hydrogen) atoms. The summed E-state index contributed by atoms with van der Waals surface area (Å²) in [5.41, 5.74) is 1.96. The summed E-state index contributed by atoms with van der Waals surface area (Å²) in [4.78, 5) is 22.7. The highest BCUT2D eigenvalue weighted by atomic mass is 19.4. The predicted octanol–water partition coefficient (Wildman–Crippen LogP) is 4.08. The maximum Gasteiger partial charge on any atom is 0.573 e. The molecule has 9 nitrogen and oxygen atoms in total. The minimum absolute atomic E-state index is 0.0915. The highest BCUT2D eigenvalue weighted by molar-refractivity contribution is 6.07. The summed E-state index contributed by atoms with van der Waals surface area (Å²) >= 11 is 0. The Morgan fingerprint density at radius 2 is 2.00 bits per heavy atom. The molecule has 0 spiro atoms. The molecule has 188 valence electrons. The number of rotatable bonds is 6. The van der Waals surface area contributed by atoms with E-state index in [0.717, 1.165) is 48.9 Å². The summed E-state index contributed by atoms with van der Waals surface area (Å²) < 4.78 is 61.7. The van der Waals surface area contributed by atoms with Crippen LogP contribution in [0.4, 0.5) is 23.2 Å². The smallest absolute Gasteiger partial charge is 0.405 e. The molecule has 1 amide bonds. The first kappa shape index (κ1) is 23.8. The molecule has 0 bridgehead atoms. The number of hydrogen-bond acceptors (Lipinski definition) is 6. The molecular weight excluding hydrogens is 484 g/mol. The first-order valence-electron chi connectivity index (χ1n) is 10.9. The standard InChI is InChI=1S/C23H20F4N6O3/c24-14-2-1-3-18(36-23(25,26)27)19(14)22(34)31-17-11-28-32-20(17)21-29-15-5-4-13(10-16(15)30-21)12-33-6-8-35-9-7-33/h1-5,10-11H,6-9,12H2,(H,28,32)(H,29,30)(H,31,34). The van der Waals surface area contributed by atoms with Crippen molar-refractivity contribution in [2.75, 3.05) is 31.6 Å². The van der Waals surface area contributed by atoms with Crippen molar-refractivity contribution >= 4 is 22.6 Å². The Labute approximate surface area is 201 Å². The number of amides is 1. The van der Waals surface area contributed by atoms with Crippen molar-refractivity contribution in [3.8, 4) is 17.3 Å². The molecule has 4 aromatic rings. The van der Waals surface area contributed by atoms with Gasteiger partial charge >= 0.3 is 6.36 Å². The van der Waals surface area contributed by atoms with E-state index < -0.39 is 29.4 Å². The summed E-state index contributed by atoms with van der Waals surface area (Å²) in [6.45, 7) is 3.84. The number of imidazole rings is 1. The maximum absolute atomic E-state index is 14.3. The summed E-state index contributed by atoms with van der Waals surface area (Å²) in [5.74, 6) is -2.93. The SMILES string of the molecule is O=C(Nc1cn[nH]c1-c1nc2ccc(CN3CCOCC3)cc2[nH]1)c1c(F)cccc1OC(F)(F)F. The van der Waals surface area contributed by atoms with Crippen LogP contribution in [0.1, 0.15) is 15.9 Å². The lowest BCUT2D eigenvalue weighted by Crippen LogP contribution is -2.35. The molecule has 5 rings (SSSR count). The fourth-order valence-corrected chi connectivity index (χ4v) is 3.97. The number of aromatic nitrogens is 4. The van der Waals surface area contributed by atoms with Crippen LogP contribution in [0.25, 0.3) is 22.6 Å². The number of halogens is 4. The van der Waals surface area contributed by atoms with Crippen LogP contribution in [-0.4, -0.2) is 63.6 Å². The Morgan fingerprint density at radius 3 is 2.78 bits per heavy atom. The van der Waals surface area contributed by atoms with E-state index in [9.17, 15) is 22.4 Å². The van der Waals surface area contributed by atoms with Gasteiger partial charge in [-0.3, -0.25) is 14.8 Å². The minimum atomic E-state index is -5.10. The number of nitrogens with zero attached hydrogens (tertiary/aromatic N) is 3. The predicted molar refractivity (Wildman–Crippen MR) is 121 cm³/mol. The third-order valence-corrected chi connectivity index (χ3v) is 5.61. The third kappa shape index (κ3) is 5.16. The molecule has 13 heteroatoms. The van der Waals surface area contributed by atoms with E-state index >= 15 is 0 Å². The van der Waals surface area contributed by atoms with Gasteiger partial charge in [-0.15, -0.1) is 13.2 Å². The van der Waals surface area contributed by atoms with E-state index in [1.165, 1.54) is 6.20 Å². The van der Waals surface area contributed by atoms with Crippen LogP contribution in [-0.2, 0) is 11.3 Å². The second kappa shape index (κ2) is 9.59. The molecule has 1 saturated heterocycles. The van der Waals surface area contributed by atoms with Crippen molar-refractivity contribution in [1.82, 2.24) is 25.1 Å². The summed E-state index contributed by atoms with van der Waals surface area (Å²) in [5, 5.41) is 8.98. The number of carbonyl (C=O) groups excluding carboxylic acids is 1. The van der Waals surface area contributed by atoms with Crippen molar-refractivity contribution in [3.05, 3.63) is 59.5 Å². The number of hydrogen-bond donors (Lipinski definition) is 3. The van der Waals surface area contributed by atoms with Crippen LogP contribution in [0.3, 0.4) is 0 Å². The van der Waals surface area contributed by atoms with Gasteiger partial charge in [0.05, 0.1) is 36.1 Å². The van der Waals surface area contributed by atoms with Gasteiger partial charge in [0.1, 0.15) is 22.8 Å². The molecule has 0 atom stereocenters. The van der Waals surface area contributed by atoms with Gasteiger partial charge < -0.3 is 19.8 Å². The van der Waals surface area contributed by atoms with Crippen LogP contribution in [0.2, 0.25) is 0 Å². The summed E-state index contributed by atoms with van der Waals surface area (Å²) in [6, 6.07) is 8.53. The molecule has 0 saturated carbocycles. The van der Waals surface area contributed by atoms with Gasteiger partial charge in [-0.2, -0.15) is 5.10 Å².